The Morgan fingerprint density at radius 1 is 1.21 bits per heavy atom. The standard InChI is InChI=1S/C15H17NO3/c1-10-6-7-11-12(9-16-13(11)8-10)14(17)4-2-3-5-15(18)19/h6-9,16H,2-5H2,1H3,(H,18,19). The number of aryl methyl sites for hydroxylation is 1. The van der Waals surface area contributed by atoms with Gasteiger partial charge < -0.3 is 10.1 Å². The summed E-state index contributed by atoms with van der Waals surface area (Å²) in [5.41, 5.74) is 2.81. The van der Waals surface area contributed by atoms with Crippen LogP contribution in [0.1, 0.15) is 41.6 Å². The molecule has 100 valence electrons. The molecule has 0 spiro atoms. The zero-order valence-electron chi connectivity index (χ0n) is 10.9. The third-order valence-corrected chi connectivity index (χ3v) is 3.18. The molecular weight excluding hydrogens is 242 g/mol. The number of benzene rings is 1. The number of nitrogens with one attached hydrogen (secondary N) is 1. The second-order valence-electron chi connectivity index (χ2n) is 4.78. The van der Waals surface area contributed by atoms with Gasteiger partial charge in [-0.05, 0) is 31.4 Å². The third kappa shape index (κ3) is 3.22. The van der Waals surface area contributed by atoms with Gasteiger partial charge in [-0.15, -0.1) is 0 Å². The van der Waals surface area contributed by atoms with Crippen molar-refractivity contribution < 1.29 is 14.7 Å². The maximum absolute atomic E-state index is 12.1. The van der Waals surface area contributed by atoms with Crippen LogP contribution < -0.4 is 0 Å². The van der Waals surface area contributed by atoms with E-state index in [1.54, 1.807) is 6.20 Å². The Bertz CT molecular complexity index is 613. The van der Waals surface area contributed by atoms with Gasteiger partial charge in [0.2, 0.25) is 0 Å². The molecule has 4 nitrogen and oxygen atoms in total. The number of ketones is 1. The van der Waals surface area contributed by atoms with E-state index in [-0.39, 0.29) is 12.2 Å². The van der Waals surface area contributed by atoms with Gasteiger partial charge in [-0.1, -0.05) is 12.1 Å². The van der Waals surface area contributed by atoms with E-state index in [0.717, 1.165) is 16.5 Å². The van der Waals surface area contributed by atoms with E-state index in [1.807, 2.05) is 25.1 Å². The van der Waals surface area contributed by atoms with E-state index in [4.69, 9.17) is 5.11 Å². The lowest BCUT2D eigenvalue weighted by molar-refractivity contribution is -0.137. The van der Waals surface area contributed by atoms with Gasteiger partial charge in [0.05, 0.1) is 0 Å². The molecule has 0 fully saturated rings. The van der Waals surface area contributed by atoms with Crippen molar-refractivity contribution in [3.63, 3.8) is 0 Å². The minimum atomic E-state index is -0.810. The maximum atomic E-state index is 12.1. The molecule has 1 aromatic heterocycles. The number of unbranched alkanes of at least 4 members (excludes halogenated alkanes) is 1. The van der Waals surface area contributed by atoms with E-state index in [1.165, 1.54) is 0 Å². The molecule has 0 atom stereocenters. The molecule has 1 aromatic carbocycles. The molecule has 0 radical (unpaired) electrons. The third-order valence-electron chi connectivity index (χ3n) is 3.18. The highest BCUT2D eigenvalue weighted by atomic mass is 16.4. The number of carboxylic acids is 1. The van der Waals surface area contributed by atoms with Crippen molar-refractivity contribution in [2.45, 2.75) is 32.6 Å². The number of hydrogen-bond donors (Lipinski definition) is 2. The molecule has 1 heterocycles. The lowest BCUT2D eigenvalue weighted by Crippen LogP contribution is -1.99. The van der Waals surface area contributed by atoms with Gasteiger partial charge in [0.1, 0.15) is 0 Å². The Kier molecular flexibility index (Phi) is 4.00. The normalized spacial score (nSPS) is 10.8. The number of aromatic nitrogens is 1. The van der Waals surface area contributed by atoms with Gasteiger partial charge in [0.15, 0.2) is 5.78 Å². The van der Waals surface area contributed by atoms with Crippen LogP contribution in [0.15, 0.2) is 24.4 Å². The van der Waals surface area contributed by atoms with Crippen LogP contribution in [0, 0.1) is 6.92 Å². The number of aliphatic carboxylic acids is 1. The minimum absolute atomic E-state index is 0.0699. The van der Waals surface area contributed by atoms with Crippen LogP contribution in [0.2, 0.25) is 0 Å². The highest BCUT2D eigenvalue weighted by molar-refractivity contribution is 6.07. The zero-order valence-corrected chi connectivity index (χ0v) is 10.9. The van der Waals surface area contributed by atoms with Crippen molar-refractivity contribution >= 4 is 22.7 Å². The van der Waals surface area contributed by atoms with Crippen molar-refractivity contribution in [1.29, 1.82) is 0 Å². The molecule has 2 N–H and O–H groups in total. The topological polar surface area (TPSA) is 70.2 Å². The summed E-state index contributed by atoms with van der Waals surface area (Å²) in [6, 6.07) is 5.94. The average molecular weight is 259 g/mol. The zero-order chi connectivity index (χ0) is 13.8. The second kappa shape index (κ2) is 5.69. The molecule has 0 aliphatic heterocycles. The number of H-pyrrole nitrogens is 1. The van der Waals surface area contributed by atoms with E-state index >= 15 is 0 Å². The molecule has 0 aliphatic rings. The fourth-order valence-electron chi connectivity index (χ4n) is 2.17. The van der Waals surface area contributed by atoms with Gasteiger partial charge in [-0.2, -0.15) is 0 Å². The second-order valence-corrected chi connectivity index (χ2v) is 4.78. The Morgan fingerprint density at radius 3 is 2.68 bits per heavy atom. The van der Waals surface area contributed by atoms with Gasteiger partial charge in [0.25, 0.3) is 0 Å². The molecule has 0 saturated carbocycles. The molecule has 0 bridgehead atoms. The van der Waals surface area contributed by atoms with Crippen molar-refractivity contribution in [3.05, 3.63) is 35.5 Å². The van der Waals surface area contributed by atoms with Crippen LogP contribution in [0.5, 0.6) is 0 Å². The highest BCUT2D eigenvalue weighted by Crippen LogP contribution is 2.21. The quantitative estimate of drug-likeness (QED) is 0.617. The monoisotopic (exact) mass is 259 g/mol. The highest BCUT2D eigenvalue weighted by Gasteiger charge is 2.11. The fourth-order valence-corrected chi connectivity index (χ4v) is 2.17. The van der Waals surface area contributed by atoms with Gasteiger partial charge >= 0.3 is 5.97 Å². The molecule has 0 saturated heterocycles. The Hall–Kier alpha value is -2.10. The van der Waals surface area contributed by atoms with Crippen molar-refractivity contribution in [2.24, 2.45) is 0 Å². The largest absolute Gasteiger partial charge is 0.481 e. The number of carboxylic acid groups (broad SMARTS) is 1. The van der Waals surface area contributed by atoms with Crippen LogP contribution in [0.4, 0.5) is 0 Å². The van der Waals surface area contributed by atoms with Gasteiger partial charge in [-0.3, -0.25) is 9.59 Å². The number of carbonyl (C=O) groups is 2. The first-order valence-electron chi connectivity index (χ1n) is 6.40. The van der Waals surface area contributed by atoms with Crippen LogP contribution >= 0.6 is 0 Å². The minimum Gasteiger partial charge on any atom is -0.481 e. The molecule has 4 heteroatoms. The molecule has 2 rings (SSSR count). The summed E-state index contributed by atoms with van der Waals surface area (Å²) in [5.74, 6) is -0.740. The molecule has 0 unspecified atom stereocenters. The SMILES string of the molecule is Cc1ccc2c(C(=O)CCCCC(=O)O)c[nH]c2c1. The molecule has 2 aromatic rings. The summed E-state index contributed by atoms with van der Waals surface area (Å²) in [7, 11) is 0. The van der Waals surface area contributed by atoms with Crippen molar-refractivity contribution in [3.8, 4) is 0 Å². The number of hydrogen-bond acceptors (Lipinski definition) is 2. The summed E-state index contributed by atoms with van der Waals surface area (Å²) in [5, 5.41) is 9.48. The Morgan fingerprint density at radius 2 is 1.95 bits per heavy atom. The van der Waals surface area contributed by atoms with E-state index in [9.17, 15) is 9.59 Å². The summed E-state index contributed by atoms with van der Waals surface area (Å²) >= 11 is 0. The predicted molar refractivity (Wildman–Crippen MR) is 73.5 cm³/mol. The van der Waals surface area contributed by atoms with Gasteiger partial charge in [-0.25, -0.2) is 0 Å². The number of fused-ring (bicyclic) bond motifs is 1. The van der Waals surface area contributed by atoms with Crippen LogP contribution in [0.3, 0.4) is 0 Å². The maximum Gasteiger partial charge on any atom is 0.303 e. The predicted octanol–water partition coefficient (Wildman–Crippen LogP) is 3.30. The van der Waals surface area contributed by atoms with E-state index < -0.39 is 5.97 Å². The smallest absolute Gasteiger partial charge is 0.303 e. The number of aromatic amines is 1. The number of Topliss-reactive ketones (excluding diaryl/α,β-unsaturated/α-hetero) is 1. The lowest BCUT2D eigenvalue weighted by atomic mass is 10.0. The van der Waals surface area contributed by atoms with Crippen LogP contribution in [-0.2, 0) is 4.79 Å². The lowest BCUT2D eigenvalue weighted by Gasteiger charge is -1.99. The first-order chi connectivity index (χ1) is 9.08. The first-order valence-corrected chi connectivity index (χ1v) is 6.40. The number of carbonyl (C=O) groups excluding carboxylic acids is 1. The average Bonchev–Trinajstić information content (AvgIpc) is 2.77. The summed E-state index contributed by atoms with van der Waals surface area (Å²) in [4.78, 5) is 25.6. The number of rotatable bonds is 6. The Labute approximate surface area is 111 Å². The van der Waals surface area contributed by atoms with Crippen molar-refractivity contribution in [1.82, 2.24) is 4.98 Å². The molecule has 0 aliphatic carbocycles. The van der Waals surface area contributed by atoms with E-state index in [0.29, 0.717) is 24.8 Å². The van der Waals surface area contributed by atoms with Crippen LogP contribution in [0.25, 0.3) is 10.9 Å². The Balaban J connectivity index is 2.03. The summed E-state index contributed by atoms with van der Waals surface area (Å²) in [6.07, 6.45) is 3.42. The van der Waals surface area contributed by atoms with Crippen molar-refractivity contribution in [2.75, 3.05) is 0 Å². The van der Waals surface area contributed by atoms with E-state index in [2.05, 4.69) is 4.98 Å². The molecular formula is C15H17NO3. The summed E-state index contributed by atoms with van der Waals surface area (Å²) in [6.45, 7) is 2.01. The van der Waals surface area contributed by atoms with Gasteiger partial charge in [0, 0.05) is 35.5 Å². The molecule has 19 heavy (non-hydrogen) atoms. The summed E-state index contributed by atoms with van der Waals surface area (Å²) < 4.78 is 0. The fraction of sp³-hybridized carbons (Fsp3) is 0.333. The first kappa shape index (κ1) is 13.3. The van der Waals surface area contributed by atoms with Crippen LogP contribution in [-0.4, -0.2) is 21.8 Å². The molecule has 0 amide bonds.